The van der Waals surface area contributed by atoms with Crippen LogP contribution in [-0.2, 0) is 14.8 Å². The van der Waals surface area contributed by atoms with E-state index in [0.29, 0.717) is 12.2 Å². The maximum atomic E-state index is 12.1. The zero-order chi connectivity index (χ0) is 14.3. The first-order valence-electron chi connectivity index (χ1n) is 6.04. The lowest BCUT2D eigenvalue weighted by Crippen LogP contribution is -2.35. The van der Waals surface area contributed by atoms with Crippen LogP contribution in [0.5, 0.6) is 0 Å². The minimum Gasteiger partial charge on any atom is -0.384 e. The number of para-hydroxylation sites is 1. The van der Waals surface area contributed by atoms with Crippen LogP contribution in [0.3, 0.4) is 0 Å². The largest absolute Gasteiger partial charge is 0.384 e. The summed E-state index contributed by atoms with van der Waals surface area (Å²) in [5, 5.41) is 5.41. The van der Waals surface area contributed by atoms with E-state index in [1.807, 2.05) is 6.92 Å². The molecular formula is C12H19N3O3S. The van der Waals surface area contributed by atoms with Crippen molar-refractivity contribution in [1.29, 1.82) is 0 Å². The average Bonchev–Trinajstić information content (AvgIpc) is 2.42. The summed E-state index contributed by atoms with van der Waals surface area (Å²) < 4.78 is 26.5. The fraction of sp³-hybridized carbons (Fsp3) is 0.417. The molecule has 7 heteroatoms. The SMILES string of the molecule is CCCNc1ccccc1S(=O)(=O)NCC(=O)NC. The van der Waals surface area contributed by atoms with E-state index in [9.17, 15) is 13.2 Å². The summed E-state index contributed by atoms with van der Waals surface area (Å²) in [6.45, 7) is 2.40. The smallest absolute Gasteiger partial charge is 0.243 e. The Balaban J connectivity index is 2.91. The Morgan fingerprint density at radius 3 is 2.58 bits per heavy atom. The first-order valence-corrected chi connectivity index (χ1v) is 7.52. The third kappa shape index (κ3) is 4.53. The number of likely N-dealkylation sites (N-methyl/N-ethyl adjacent to an activating group) is 1. The number of hydrogen-bond acceptors (Lipinski definition) is 4. The molecule has 0 bridgehead atoms. The summed E-state index contributed by atoms with van der Waals surface area (Å²) in [6.07, 6.45) is 0.889. The van der Waals surface area contributed by atoms with Crippen LogP contribution in [0, 0.1) is 0 Å². The molecule has 0 aliphatic heterocycles. The zero-order valence-electron chi connectivity index (χ0n) is 11.1. The van der Waals surface area contributed by atoms with Crippen LogP contribution < -0.4 is 15.4 Å². The minimum atomic E-state index is -3.70. The van der Waals surface area contributed by atoms with Crippen LogP contribution in [0.1, 0.15) is 13.3 Å². The third-order valence-corrected chi connectivity index (χ3v) is 3.90. The van der Waals surface area contributed by atoms with Crippen molar-refractivity contribution in [3.63, 3.8) is 0 Å². The normalized spacial score (nSPS) is 11.1. The fourth-order valence-corrected chi connectivity index (χ4v) is 2.60. The Morgan fingerprint density at radius 1 is 1.26 bits per heavy atom. The summed E-state index contributed by atoms with van der Waals surface area (Å²) in [5.41, 5.74) is 0.536. The van der Waals surface area contributed by atoms with Crippen molar-refractivity contribution in [3.05, 3.63) is 24.3 Å². The Kier molecular flexibility index (Phi) is 5.78. The van der Waals surface area contributed by atoms with Gasteiger partial charge in [0, 0.05) is 13.6 Å². The van der Waals surface area contributed by atoms with E-state index in [-0.39, 0.29) is 17.3 Å². The zero-order valence-corrected chi connectivity index (χ0v) is 11.9. The maximum Gasteiger partial charge on any atom is 0.243 e. The van der Waals surface area contributed by atoms with Gasteiger partial charge in [-0.15, -0.1) is 0 Å². The molecule has 0 heterocycles. The first-order chi connectivity index (χ1) is 9.01. The van der Waals surface area contributed by atoms with Gasteiger partial charge in [0.15, 0.2) is 0 Å². The molecule has 0 aromatic heterocycles. The highest BCUT2D eigenvalue weighted by Gasteiger charge is 2.18. The van der Waals surface area contributed by atoms with Gasteiger partial charge in [-0.2, -0.15) is 0 Å². The highest BCUT2D eigenvalue weighted by molar-refractivity contribution is 7.89. The second-order valence-corrected chi connectivity index (χ2v) is 5.66. The fourth-order valence-electron chi connectivity index (χ4n) is 1.43. The Hall–Kier alpha value is -1.60. The van der Waals surface area contributed by atoms with Crippen LogP contribution in [0.2, 0.25) is 0 Å². The molecular weight excluding hydrogens is 266 g/mol. The maximum absolute atomic E-state index is 12.1. The van der Waals surface area contributed by atoms with Gasteiger partial charge in [0.25, 0.3) is 0 Å². The predicted octanol–water partition coefficient (Wildman–Crippen LogP) is 0.533. The van der Waals surface area contributed by atoms with Gasteiger partial charge < -0.3 is 10.6 Å². The second kappa shape index (κ2) is 7.10. The number of anilines is 1. The van der Waals surface area contributed by atoms with E-state index >= 15 is 0 Å². The Labute approximate surface area is 113 Å². The number of carbonyl (C=O) groups excluding carboxylic acids is 1. The number of rotatable bonds is 7. The van der Waals surface area contributed by atoms with Gasteiger partial charge in [-0.05, 0) is 18.6 Å². The van der Waals surface area contributed by atoms with E-state index < -0.39 is 10.0 Å². The number of carbonyl (C=O) groups is 1. The molecule has 0 aliphatic carbocycles. The standard InChI is InChI=1S/C12H19N3O3S/c1-3-8-14-10-6-4-5-7-11(10)19(17,18)15-9-12(16)13-2/h4-7,14-15H,3,8-9H2,1-2H3,(H,13,16). The molecule has 0 fully saturated rings. The van der Waals surface area contributed by atoms with Gasteiger partial charge in [0.2, 0.25) is 15.9 Å². The molecule has 3 N–H and O–H groups in total. The lowest BCUT2D eigenvalue weighted by atomic mass is 10.3. The van der Waals surface area contributed by atoms with E-state index in [2.05, 4.69) is 15.4 Å². The molecule has 106 valence electrons. The van der Waals surface area contributed by atoms with Crippen molar-refractivity contribution in [2.24, 2.45) is 0 Å². The number of benzene rings is 1. The summed E-state index contributed by atoms with van der Waals surface area (Å²) in [5.74, 6) is -0.387. The molecule has 1 aromatic carbocycles. The molecule has 1 rings (SSSR count). The monoisotopic (exact) mass is 285 g/mol. The van der Waals surface area contributed by atoms with Crippen molar-refractivity contribution in [2.75, 3.05) is 25.5 Å². The molecule has 0 aliphatic rings. The Bertz CT molecular complexity index is 529. The quantitative estimate of drug-likeness (QED) is 0.682. The van der Waals surface area contributed by atoms with Crippen molar-refractivity contribution in [3.8, 4) is 0 Å². The lowest BCUT2D eigenvalue weighted by Gasteiger charge is -2.12. The molecule has 6 nitrogen and oxygen atoms in total. The lowest BCUT2D eigenvalue weighted by molar-refractivity contribution is -0.119. The average molecular weight is 285 g/mol. The number of amides is 1. The highest BCUT2D eigenvalue weighted by atomic mass is 32.2. The van der Waals surface area contributed by atoms with Crippen LogP contribution in [0.15, 0.2) is 29.2 Å². The number of sulfonamides is 1. The van der Waals surface area contributed by atoms with Crippen LogP contribution in [0.25, 0.3) is 0 Å². The number of nitrogens with one attached hydrogen (secondary N) is 3. The van der Waals surface area contributed by atoms with E-state index in [1.54, 1.807) is 18.2 Å². The summed E-state index contributed by atoms with van der Waals surface area (Å²) in [4.78, 5) is 11.2. The van der Waals surface area contributed by atoms with Crippen LogP contribution in [0.4, 0.5) is 5.69 Å². The van der Waals surface area contributed by atoms with E-state index in [4.69, 9.17) is 0 Å². The van der Waals surface area contributed by atoms with Gasteiger partial charge in [0.1, 0.15) is 4.90 Å². The Morgan fingerprint density at radius 2 is 1.95 bits per heavy atom. The van der Waals surface area contributed by atoms with E-state index in [1.165, 1.54) is 13.1 Å². The number of hydrogen-bond donors (Lipinski definition) is 3. The van der Waals surface area contributed by atoms with Crippen molar-refractivity contribution >= 4 is 21.6 Å². The van der Waals surface area contributed by atoms with Gasteiger partial charge in [-0.3, -0.25) is 4.79 Å². The minimum absolute atomic E-state index is 0.146. The first kappa shape index (κ1) is 15.5. The molecule has 0 saturated carbocycles. The molecule has 0 radical (unpaired) electrons. The van der Waals surface area contributed by atoms with Gasteiger partial charge in [-0.25, -0.2) is 13.1 Å². The molecule has 0 atom stereocenters. The molecule has 0 unspecified atom stereocenters. The van der Waals surface area contributed by atoms with Crippen molar-refractivity contribution in [2.45, 2.75) is 18.2 Å². The molecule has 19 heavy (non-hydrogen) atoms. The third-order valence-electron chi connectivity index (χ3n) is 2.44. The van der Waals surface area contributed by atoms with Gasteiger partial charge >= 0.3 is 0 Å². The van der Waals surface area contributed by atoms with Gasteiger partial charge in [0.05, 0.1) is 12.2 Å². The van der Waals surface area contributed by atoms with Crippen LogP contribution >= 0.6 is 0 Å². The van der Waals surface area contributed by atoms with Crippen molar-refractivity contribution < 1.29 is 13.2 Å². The van der Waals surface area contributed by atoms with Crippen molar-refractivity contribution in [1.82, 2.24) is 10.0 Å². The topological polar surface area (TPSA) is 87.3 Å². The molecule has 1 amide bonds. The van der Waals surface area contributed by atoms with Crippen LogP contribution in [-0.4, -0.2) is 34.5 Å². The summed E-state index contributed by atoms with van der Waals surface area (Å²) >= 11 is 0. The summed E-state index contributed by atoms with van der Waals surface area (Å²) in [7, 11) is -2.25. The molecule has 0 spiro atoms. The molecule has 0 saturated heterocycles. The van der Waals surface area contributed by atoms with Gasteiger partial charge in [-0.1, -0.05) is 19.1 Å². The highest BCUT2D eigenvalue weighted by Crippen LogP contribution is 2.20. The van der Waals surface area contributed by atoms with E-state index in [0.717, 1.165) is 6.42 Å². The summed E-state index contributed by atoms with van der Waals surface area (Å²) in [6, 6.07) is 6.61. The predicted molar refractivity (Wildman–Crippen MR) is 74.5 cm³/mol. The second-order valence-electron chi connectivity index (χ2n) is 3.92. The molecule has 1 aromatic rings.